The molecule has 3 rings (SSSR count). The molecule has 2 N–H and O–H groups in total. The van der Waals surface area contributed by atoms with Crippen molar-refractivity contribution < 1.29 is 9.47 Å². The fourth-order valence-electron chi connectivity index (χ4n) is 3.46. The average molecular weight is 401 g/mol. The van der Waals surface area contributed by atoms with E-state index in [0.29, 0.717) is 30.7 Å². The van der Waals surface area contributed by atoms with E-state index in [9.17, 15) is 0 Å². The number of benzene rings is 1. The molecule has 1 aromatic heterocycles. The number of aromatic nitrogens is 3. The number of anilines is 1. The Hall–Kier alpha value is -2.77. The Bertz CT molecular complexity index is 827. The summed E-state index contributed by atoms with van der Waals surface area (Å²) in [6.07, 6.45) is 6.15. The number of hydrogen-bond donors (Lipinski definition) is 2. The van der Waals surface area contributed by atoms with Gasteiger partial charge in [-0.15, -0.1) is 10.2 Å². The zero-order chi connectivity index (χ0) is 20.6. The first-order valence-electron chi connectivity index (χ1n) is 10.3. The molecule has 0 spiro atoms. The number of hydrogen-bond acceptors (Lipinski definition) is 5. The second-order valence-electron chi connectivity index (χ2n) is 7.29. The van der Waals surface area contributed by atoms with E-state index >= 15 is 0 Å². The highest BCUT2D eigenvalue weighted by atomic mass is 16.5. The lowest BCUT2D eigenvalue weighted by atomic mass is 9.96. The highest BCUT2D eigenvalue weighted by Gasteiger charge is 2.16. The quantitative estimate of drug-likeness (QED) is 0.547. The minimum atomic E-state index is 0.431. The Labute approximate surface area is 172 Å². The maximum absolute atomic E-state index is 5.70. The molecule has 0 aliphatic heterocycles. The van der Waals surface area contributed by atoms with Crippen molar-refractivity contribution in [2.75, 3.05) is 19.0 Å². The lowest BCUT2D eigenvalue weighted by Gasteiger charge is -2.25. The smallest absolute Gasteiger partial charge is 0.196 e. The zero-order valence-corrected chi connectivity index (χ0v) is 17.9. The Morgan fingerprint density at radius 3 is 2.66 bits per heavy atom. The van der Waals surface area contributed by atoms with Crippen LogP contribution in [0.4, 0.5) is 5.69 Å². The molecular weight excluding hydrogens is 368 g/mol. The van der Waals surface area contributed by atoms with Crippen LogP contribution in [0.2, 0.25) is 0 Å². The third-order valence-corrected chi connectivity index (χ3v) is 5.23. The number of ether oxygens (including phenoxy) is 2. The lowest BCUT2D eigenvalue weighted by Crippen LogP contribution is -2.40. The van der Waals surface area contributed by atoms with Gasteiger partial charge in [-0.25, -0.2) is 4.99 Å². The van der Waals surface area contributed by atoms with Crippen molar-refractivity contribution in [2.45, 2.75) is 58.5 Å². The van der Waals surface area contributed by atoms with E-state index in [0.717, 1.165) is 36.1 Å². The van der Waals surface area contributed by atoms with Crippen LogP contribution in [0.3, 0.4) is 0 Å². The minimum absolute atomic E-state index is 0.431. The van der Waals surface area contributed by atoms with Gasteiger partial charge in [0.2, 0.25) is 0 Å². The van der Waals surface area contributed by atoms with Gasteiger partial charge in [-0.05, 0) is 38.8 Å². The van der Waals surface area contributed by atoms with Crippen LogP contribution in [-0.2, 0) is 13.6 Å². The maximum atomic E-state index is 5.70. The summed E-state index contributed by atoms with van der Waals surface area (Å²) in [4.78, 5) is 4.77. The molecule has 0 amide bonds. The van der Waals surface area contributed by atoms with E-state index in [1.807, 2.05) is 43.7 Å². The first kappa shape index (κ1) is 21.0. The maximum Gasteiger partial charge on any atom is 0.196 e. The van der Waals surface area contributed by atoms with Crippen LogP contribution in [0, 0.1) is 6.92 Å². The van der Waals surface area contributed by atoms with Gasteiger partial charge in [0.15, 0.2) is 23.3 Å². The Balaban J connectivity index is 1.79. The van der Waals surface area contributed by atoms with Crippen LogP contribution in [0.15, 0.2) is 23.2 Å². The third-order valence-electron chi connectivity index (χ3n) is 5.23. The standard InChI is InChI=1S/C21H32N6O2/c1-5-29-19-13-17(11-12-18(19)28-4)24-21(23-16-9-7-6-8-10-16)22-14-20-26-25-15(2)27(20)3/h11-13,16H,5-10,14H2,1-4H3,(H2,22,23,24). The first-order valence-corrected chi connectivity index (χ1v) is 10.3. The Morgan fingerprint density at radius 1 is 1.21 bits per heavy atom. The Morgan fingerprint density at radius 2 is 2.00 bits per heavy atom. The van der Waals surface area contributed by atoms with Gasteiger partial charge < -0.3 is 24.7 Å². The number of aliphatic imine (C=N–C) groups is 1. The summed E-state index contributed by atoms with van der Waals surface area (Å²) in [5.74, 6) is 3.87. The van der Waals surface area contributed by atoms with Gasteiger partial charge in [-0.2, -0.15) is 0 Å². The molecule has 29 heavy (non-hydrogen) atoms. The molecule has 8 nitrogen and oxygen atoms in total. The molecule has 1 aliphatic carbocycles. The molecule has 0 bridgehead atoms. The molecule has 2 aromatic rings. The molecule has 158 valence electrons. The van der Waals surface area contributed by atoms with Crippen molar-refractivity contribution in [2.24, 2.45) is 12.0 Å². The summed E-state index contributed by atoms with van der Waals surface area (Å²) in [5.41, 5.74) is 0.894. The van der Waals surface area contributed by atoms with Gasteiger partial charge >= 0.3 is 0 Å². The molecule has 1 saturated carbocycles. The molecule has 1 fully saturated rings. The highest BCUT2D eigenvalue weighted by Crippen LogP contribution is 2.30. The summed E-state index contributed by atoms with van der Waals surface area (Å²) < 4.78 is 13.0. The summed E-state index contributed by atoms with van der Waals surface area (Å²) in [6.45, 7) is 4.92. The first-order chi connectivity index (χ1) is 14.1. The second kappa shape index (κ2) is 10.1. The van der Waals surface area contributed by atoms with E-state index in [4.69, 9.17) is 14.5 Å². The van der Waals surface area contributed by atoms with Gasteiger partial charge in [-0.1, -0.05) is 19.3 Å². The molecule has 0 saturated heterocycles. The van der Waals surface area contributed by atoms with Crippen molar-refractivity contribution in [3.05, 3.63) is 29.8 Å². The monoisotopic (exact) mass is 400 g/mol. The van der Waals surface area contributed by atoms with Gasteiger partial charge in [0, 0.05) is 24.8 Å². The number of guanidine groups is 1. The van der Waals surface area contributed by atoms with Crippen molar-refractivity contribution in [1.82, 2.24) is 20.1 Å². The van der Waals surface area contributed by atoms with Gasteiger partial charge in [0.05, 0.1) is 13.7 Å². The van der Waals surface area contributed by atoms with Crippen LogP contribution in [0.25, 0.3) is 0 Å². The lowest BCUT2D eigenvalue weighted by molar-refractivity contribution is 0.311. The molecular formula is C21H32N6O2. The van der Waals surface area contributed by atoms with E-state index in [1.165, 1.54) is 19.3 Å². The van der Waals surface area contributed by atoms with Crippen LogP contribution in [-0.4, -0.2) is 40.5 Å². The molecule has 0 atom stereocenters. The number of methoxy groups -OCH3 is 1. The normalized spacial score (nSPS) is 15.2. The van der Waals surface area contributed by atoms with E-state index in [-0.39, 0.29) is 0 Å². The summed E-state index contributed by atoms with van der Waals surface area (Å²) in [6, 6.07) is 6.23. The number of nitrogens with zero attached hydrogens (tertiary/aromatic N) is 4. The molecule has 8 heteroatoms. The van der Waals surface area contributed by atoms with E-state index in [2.05, 4.69) is 20.8 Å². The minimum Gasteiger partial charge on any atom is -0.493 e. The van der Waals surface area contributed by atoms with Crippen molar-refractivity contribution in [3.8, 4) is 11.5 Å². The van der Waals surface area contributed by atoms with E-state index < -0.39 is 0 Å². The van der Waals surface area contributed by atoms with Crippen molar-refractivity contribution >= 4 is 11.6 Å². The zero-order valence-electron chi connectivity index (χ0n) is 17.9. The molecule has 1 aromatic carbocycles. The second-order valence-corrected chi connectivity index (χ2v) is 7.29. The topological polar surface area (TPSA) is 85.6 Å². The predicted octanol–water partition coefficient (Wildman–Crippen LogP) is 3.42. The third kappa shape index (κ3) is 5.62. The van der Waals surface area contributed by atoms with Crippen LogP contribution < -0.4 is 20.1 Å². The van der Waals surface area contributed by atoms with Crippen molar-refractivity contribution in [1.29, 1.82) is 0 Å². The molecule has 0 unspecified atom stereocenters. The van der Waals surface area contributed by atoms with Crippen molar-refractivity contribution in [3.63, 3.8) is 0 Å². The Kier molecular flexibility index (Phi) is 7.32. The van der Waals surface area contributed by atoms with Gasteiger partial charge in [0.25, 0.3) is 0 Å². The number of nitrogens with one attached hydrogen (secondary N) is 2. The fraction of sp³-hybridized carbons (Fsp3) is 0.571. The SMILES string of the molecule is CCOc1cc(NC(=NCc2nnc(C)n2C)NC2CCCCC2)ccc1OC. The van der Waals surface area contributed by atoms with Crippen LogP contribution >= 0.6 is 0 Å². The molecule has 1 aliphatic rings. The molecule has 1 heterocycles. The van der Waals surface area contributed by atoms with E-state index in [1.54, 1.807) is 7.11 Å². The van der Waals surface area contributed by atoms with Crippen LogP contribution in [0.5, 0.6) is 11.5 Å². The predicted molar refractivity (Wildman–Crippen MR) is 115 cm³/mol. The molecule has 0 radical (unpaired) electrons. The average Bonchev–Trinajstić information content (AvgIpc) is 3.05. The summed E-state index contributed by atoms with van der Waals surface area (Å²) in [5, 5.41) is 15.3. The van der Waals surface area contributed by atoms with Gasteiger partial charge in [0.1, 0.15) is 12.4 Å². The number of rotatable bonds is 7. The highest BCUT2D eigenvalue weighted by molar-refractivity contribution is 5.94. The van der Waals surface area contributed by atoms with Crippen LogP contribution in [0.1, 0.15) is 50.7 Å². The largest absolute Gasteiger partial charge is 0.493 e. The summed E-state index contributed by atoms with van der Waals surface area (Å²) >= 11 is 0. The summed E-state index contributed by atoms with van der Waals surface area (Å²) in [7, 11) is 3.60. The van der Waals surface area contributed by atoms with Gasteiger partial charge in [-0.3, -0.25) is 0 Å². The number of aryl methyl sites for hydroxylation is 1. The fourth-order valence-corrected chi connectivity index (χ4v) is 3.46.